The van der Waals surface area contributed by atoms with Crippen molar-refractivity contribution in [3.05, 3.63) is 46.3 Å². The van der Waals surface area contributed by atoms with Gasteiger partial charge in [-0.1, -0.05) is 12.1 Å². The van der Waals surface area contributed by atoms with Gasteiger partial charge in [-0.2, -0.15) is 0 Å². The lowest BCUT2D eigenvalue weighted by atomic mass is 10.2. The van der Waals surface area contributed by atoms with Crippen LogP contribution in [0.5, 0.6) is 5.75 Å². The molecule has 1 aromatic heterocycles. The first kappa shape index (κ1) is 17.5. The van der Waals surface area contributed by atoms with Gasteiger partial charge in [-0.15, -0.1) is 11.3 Å². The van der Waals surface area contributed by atoms with Crippen molar-refractivity contribution in [2.45, 2.75) is 33.2 Å². The number of rotatable bonds is 7. The third-order valence-electron chi connectivity index (χ3n) is 3.98. The van der Waals surface area contributed by atoms with Gasteiger partial charge in [-0.05, 0) is 56.0 Å². The van der Waals surface area contributed by atoms with Gasteiger partial charge < -0.3 is 15.4 Å². The molecule has 6 heteroatoms. The second kappa shape index (κ2) is 7.70. The zero-order valence-corrected chi connectivity index (χ0v) is 15.2. The van der Waals surface area contributed by atoms with Gasteiger partial charge in [-0.3, -0.25) is 9.59 Å². The number of benzene rings is 1. The molecule has 2 amide bonds. The quantitative estimate of drug-likeness (QED) is 0.792. The standard InChI is InChI=1S/C19H22N2O3S/c1-3-24-15-6-4-5-13(10-15)11-20-19(23)17-12(2)9-16(25-17)21-18(22)14-7-8-14/h4-6,9-10,14H,3,7-8,11H2,1-2H3,(H,20,23)(H,21,22). The Balaban J connectivity index is 1.60. The van der Waals surface area contributed by atoms with E-state index in [0.29, 0.717) is 18.0 Å². The first-order valence-corrected chi connectivity index (χ1v) is 9.29. The molecule has 132 valence electrons. The number of nitrogens with one attached hydrogen (secondary N) is 2. The molecule has 3 rings (SSSR count). The number of ether oxygens (including phenoxy) is 1. The van der Waals surface area contributed by atoms with Gasteiger partial charge in [0.15, 0.2) is 0 Å². The number of amides is 2. The molecule has 0 spiro atoms. The van der Waals surface area contributed by atoms with Crippen molar-refractivity contribution in [2.75, 3.05) is 11.9 Å². The van der Waals surface area contributed by atoms with Crippen LogP contribution in [0.25, 0.3) is 0 Å². The zero-order chi connectivity index (χ0) is 17.8. The number of hydrogen-bond acceptors (Lipinski definition) is 4. The molecule has 5 nitrogen and oxygen atoms in total. The fraction of sp³-hybridized carbons (Fsp3) is 0.368. The lowest BCUT2D eigenvalue weighted by molar-refractivity contribution is -0.117. The summed E-state index contributed by atoms with van der Waals surface area (Å²) in [6.07, 6.45) is 1.93. The smallest absolute Gasteiger partial charge is 0.261 e. The summed E-state index contributed by atoms with van der Waals surface area (Å²) < 4.78 is 5.47. The highest BCUT2D eigenvalue weighted by Gasteiger charge is 2.30. The minimum atomic E-state index is -0.128. The Kier molecular flexibility index (Phi) is 5.38. The normalized spacial score (nSPS) is 13.4. The summed E-state index contributed by atoms with van der Waals surface area (Å²) in [6, 6.07) is 9.54. The highest BCUT2D eigenvalue weighted by atomic mass is 32.1. The minimum Gasteiger partial charge on any atom is -0.494 e. The van der Waals surface area contributed by atoms with E-state index >= 15 is 0 Å². The third-order valence-corrected chi connectivity index (χ3v) is 5.13. The molecule has 1 fully saturated rings. The van der Waals surface area contributed by atoms with Gasteiger partial charge in [0.1, 0.15) is 5.75 Å². The summed E-state index contributed by atoms with van der Waals surface area (Å²) in [4.78, 5) is 24.9. The molecule has 2 N–H and O–H groups in total. The van der Waals surface area contributed by atoms with E-state index < -0.39 is 0 Å². The molecule has 1 aromatic carbocycles. The summed E-state index contributed by atoms with van der Waals surface area (Å²) in [5.74, 6) is 0.876. The Labute approximate surface area is 151 Å². The zero-order valence-electron chi connectivity index (χ0n) is 14.4. The summed E-state index contributed by atoms with van der Waals surface area (Å²) >= 11 is 1.32. The van der Waals surface area contributed by atoms with Crippen LogP contribution in [0.4, 0.5) is 5.00 Å². The topological polar surface area (TPSA) is 67.4 Å². The van der Waals surface area contributed by atoms with Crippen LogP contribution in [0.2, 0.25) is 0 Å². The molecule has 0 unspecified atom stereocenters. The Morgan fingerprint density at radius 2 is 2.08 bits per heavy atom. The van der Waals surface area contributed by atoms with Gasteiger partial charge in [0.05, 0.1) is 16.5 Å². The van der Waals surface area contributed by atoms with Crippen LogP contribution in [-0.4, -0.2) is 18.4 Å². The largest absolute Gasteiger partial charge is 0.494 e. The molecular formula is C19H22N2O3S. The molecule has 0 radical (unpaired) electrons. The Hall–Kier alpha value is -2.34. The van der Waals surface area contributed by atoms with Gasteiger partial charge in [-0.25, -0.2) is 0 Å². The Bertz CT molecular complexity index is 781. The van der Waals surface area contributed by atoms with Crippen molar-refractivity contribution in [1.29, 1.82) is 0 Å². The molecule has 1 heterocycles. The number of carbonyl (C=O) groups is 2. The SMILES string of the molecule is CCOc1cccc(CNC(=O)c2sc(NC(=O)C3CC3)cc2C)c1. The minimum absolute atomic E-state index is 0.0564. The molecule has 1 aliphatic carbocycles. The third kappa shape index (κ3) is 4.60. The summed E-state index contributed by atoms with van der Waals surface area (Å²) in [7, 11) is 0. The average molecular weight is 358 g/mol. The molecule has 2 aromatic rings. The summed E-state index contributed by atoms with van der Waals surface area (Å²) in [5.41, 5.74) is 1.85. The van der Waals surface area contributed by atoms with Gasteiger partial charge in [0, 0.05) is 12.5 Å². The number of thiophene rings is 1. The second-order valence-corrected chi connectivity index (χ2v) is 7.20. The van der Waals surface area contributed by atoms with Crippen LogP contribution in [-0.2, 0) is 11.3 Å². The maximum Gasteiger partial charge on any atom is 0.261 e. The Morgan fingerprint density at radius 3 is 2.80 bits per heavy atom. The maximum absolute atomic E-state index is 12.5. The molecule has 1 saturated carbocycles. The highest BCUT2D eigenvalue weighted by molar-refractivity contribution is 7.18. The summed E-state index contributed by atoms with van der Waals surface area (Å²) in [5, 5.41) is 6.56. The van der Waals surface area contributed by atoms with E-state index in [0.717, 1.165) is 34.7 Å². The van der Waals surface area contributed by atoms with Crippen molar-refractivity contribution in [2.24, 2.45) is 5.92 Å². The molecule has 0 bridgehead atoms. The predicted molar refractivity (Wildman–Crippen MR) is 99.2 cm³/mol. The van der Waals surface area contributed by atoms with E-state index in [1.165, 1.54) is 11.3 Å². The van der Waals surface area contributed by atoms with Crippen LogP contribution >= 0.6 is 11.3 Å². The van der Waals surface area contributed by atoms with E-state index in [2.05, 4.69) is 10.6 Å². The van der Waals surface area contributed by atoms with E-state index in [1.807, 2.05) is 44.2 Å². The van der Waals surface area contributed by atoms with Crippen LogP contribution in [0.3, 0.4) is 0 Å². The second-order valence-electron chi connectivity index (χ2n) is 6.15. The van der Waals surface area contributed by atoms with Crippen molar-refractivity contribution in [1.82, 2.24) is 5.32 Å². The van der Waals surface area contributed by atoms with Gasteiger partial charge >= 0.3 is 0 Å². The van der Waals surface area contributed by atoms with Crippen molar-refractivity contribution in [3.8, 4) is 5.75 Å². The van der Waals surface area contributed by atoms with Crippen LogP contribution in [0.15, 0.2) is 30.3 Å². The van der Waals surface area contributed by atoms with Gasteiger partial charge in [0.2, 0.25) is 5.91 Å². The molecular weight excluding hydrogens is 336 g/mol. The van der Waals surface area contributed by atoms with Crippen LogP contribution < -0.4 is 15.4 Å². The first-order chi connectivity index (χ1) is 12.1. The van der Waals surface area contributed by atoms with Crippen molar-refractivity contribution < 1.29 is 14.3 Å². The van der Waals surface area contributed by atoms with Crippen LogP contribution in [0.1, 0.15) is 40.6 Å². The lowest BCUT2D eigenvalue weighted by Crippen LogP contribution is -2.22. The van der Waals surface area contributed by atoms with Crippen LogP contribution in [0, 0.1) is 12.8 Å². The number of hydrogen-bond donors (Lipinski definition) is 2. The average Bonchev–Trinajstić information content (AvgIpc) is 3.37. The first-order valence-electron chi connectivity index (χ1n) is 8.48. The van der Waals surface area contributed by atoms with E-state index in [-0.39, 0.29) is 17.7 Å². The predicted octanol–water partition coefficient (Wildman–Crippen LogP) is 3.73. The fourth-order valence-electron chi connectivity index (χ4n) is 2.51. The monoisotopic (exact) mass is 358 g/mol. The number of anilines is 1. The molecule has 0 aliphatic heterocycles. The molecule has 25 heavy (non-hydrogen) atoms. The summed E-state index contributed by atoms with van der Waals surface area (Å²) in [6.45, 7) is 4.86. The van der Waals surface area contributed by atoms with Crippen molar-refractivity contribution >= 4 is 28.2 Å². The molecule has 0 saturated heterocycles. The van der Waals surface area contributed by atoms with E-state index in [4.69, 9.17) is 4.74 Å². The number of carbonyl (C=O) groups excluding carboxylic acids is 2. The molecule has 0 atom stereocenters. The molecule has 1 aliphatic rings. The van der Waals surface area contributed by atoms with Crippen molar-refractivity contribution in [3.63, 3.8) is 0 Å². The Morgan fingerprint density at radius 1 is 1.28 bits per heavy atom. The fourth-order valence-corrected chi connectivity index (χ4v) is 3.50. The maximum atomic E-state index is 12.5. The lowest BCUT2D eigenvalue weighted by Gasteiger charge is -2.07. The van der Waals surface area contributed by atoms with Gasteiger partial charge in [0.25, 0.3) is 5.91 Å². The number of aryl methyl sites for hydroxylation is 1. The van der Waals surface area contributed by atoms with E-state index in [9.17, 15) is 9.59 Å². The van der Waals surface area contributed by atoms with E-state index in [1.54, 1.807) is 0 Å². The highest BCUT2D eigenvalue weighted by Crippen LogP contribution is 2.32.